The molecule has 2 rings (SSSR count). The van der Waals surface area contributed by atoms with Gasteiger partial charge in [0.25, 0.3) is 0 Å². The Morgan fingerprint density at radius 3 is 2.40 bits per heavy atom. The summed E-state index contributed by atoms with van der Waals surface area (Å²) in [6, 6.07) is 12.2. The summed E-state index contributed by atoms with van der Waals surface area (Å²) in [5, 5.41) is 11.6. The maximum absolute atomic E-state index is 13.2. The predicted molar refractivity (Wildman–Crippen MR) is 85.8 cm³/mol. The molecular formula is C18H17F2NO4. The molecule has 0 fully saturated rings. The van der Waals surface area contributed by atoms with Crippen molar-refractivity contribution in [3.8, 4) is 0 Å². The van der Waals surface area contributed by atoms with E-state index in [9.17, 15) is 23.5 Å². The van der Waals surface area contributed by atoms with E-state index in [1.54, 1.807) is 24.3 Å². The van der Waals surface area contributed by atoms with Gasteiger partial charge in [-0.15, -0.1) is 0 Å². The number of carboxylic acids is 1. The molecule has 2 N–H and O–H groups in total. The van der Waals surface area contributed by atoms with Crippen LogP contribution in [0.3, 0.4) is 0 Å². The second-order valence-corrected chi connectivity index (χ2v) is 5.43. The van der Waals surface area contributed by atoms with Gasteiger partial charge in [-0.25, -0.2) is 13.6 Å². The maximum Gasteiger partial charge on any atom is 0.407 e. The van der Waals surface area contributed by atoms with E-state index in [1.807, 2.05) is 6.07 Å². The first-order valence-electron chi connectivity index (χ1n) is 7.57. The summed E-state index contributed by atoms with van der Waals surface area (Å²) in [6.45, 7) is -0.129. The number of amides is 1. The highest BCUT2D eigenvalue weighted by Gasteiger charge is 2.20. The van der Waals surface area contributed by atoms with Crippen LogP contribution in [-0.2, 0) is 22.6 Å². The Labute approximate surface area is 143 Å². The number of hydrogen-bond donors (Lipinski definition) is 2. The third-order valence-electron chi connectivity index (χ3n) is 3.52. The van der Waals surface area contributed by atoms with Crippen molar-refractivity contribution in [2.45, 2.75) is 13.0 Å². The lowest BCUT2D eigenvalue weighted by molar-refractivity contribution is -0.141. The first-order chi connectivity index (χ1) is 12.0. The van der Waals surface area contributed by atoms with E-state index in [2.05, 4.69) is 5.32 Å². The van der Waals surface area contributed by atoms with Gasteiger partial charge in [-0.05, 0) is 29.7 Å². The number of rotatable bonds is 7. The summed E-state index contributed by atoms with van der Waals surface area (Å²) < 4.78 is 31.1. The van der Waals surface area contributed by atoms with E-state index >= 15 is 0 Å². The Balaban J connectivity index is 1.85. The molecule has 1 atom stereocenters. The van der Waals surface area contributed by atoms with Crippen LogP contribution in [0.4, 0.5) is 13.6 Å². The third-order valence-corrected chi connectivity index (χ3v) is 3.52. The van der Waals surface area contributed by atoms with Crippen molar-refractivity contribution in [3.05, 3.63) is 71.3 Å². The number of hydrogen-bond acceptors (Lipinski definition) is 3. The fourth-order valence-electron chi connectivity index (χ4n) is 2.18. The Kier molecular flexibility index (Phi) is 6.45. The van der Waals surface area contributed by atoms with Crippen molar-refractivity contribution in [1.29, 1.82) is 0 Å². The number of halogens is 2. The predicted octanol–water partition coefficient (Wildman–Crippen LogP) is 3.13. The van der Waals surface area contributed by atoms with Gasteiger partial charge >= 0.3 is 12.1 Å². The molecule has 132 valence electrons. The zero-order chi connectivity index (χ0) is 18.2. The van der Waals surface area contributed by atoms with Crippen molar-refractivity contribution in [1.82, 2.24) is 5.32 Å². The van der Waals surface area contributed by atoms with Crippen molar-refractivity contribution in [3.63, 3.8) is 0 Å². The van der Waals surface area contributed by atoms with Crippen LogP contribution in [0.15, 0.2) is 48.5 Å². The number of benzene rings is 2. The number of carbonyl (C=O) groups is 2. The molecule has 1 amide bonds. The van der Waals surface area contributed by atoms with Gasteiger partial charge in [0.2, 0.25) is 0 Å². The molecule has 0 radical (unpaired) electrons. The molecule has 25 heavy (non-hydrogen) atoms. The Hall–Kier alpha value is -2.96. The molecule has 0 unspecified atom stereocenters. The maximum atomic E-state index is 13.2. The molecule has 7 heteroatoms. The van der Waals surface area contributed by atoms with Crippen molar-refractivity contribution in [2.75, 3.05) is 6.54 Å². The van der Waals surface area contributed by atoms with E-state index in [-0.39, 0.29) is 19.6 Å². The summed E-state index contributed by atoms with van der Waals surface area (Å²) in [7, 11) is 0. The molecule has 0 aliphatic heterocycles. The fraction of sp³-hybridized carbons (Fsp3) is 0.222. The van der Waals surface area contributed by atoms with Gasteiger partial charge in [0.05, 0.1) is 5.92 Å². The van der Waals surface area contributed by atoms with Crippen LogP contribution in [0, 0.1) is 17.6 Å². The van der Waals surface area contributed by atoms with Crippen LogP contribution in [0.5, 0.6) is 0 Å². The average molecular weight is 349 g/mol. The summed E-state index contributed by atoms with van der Waals surface area (Å²) in [6.07, 6.45) is -0.800. The molecule has 5 nitrogen and oxygen atoms in total. The minimum absolute atomic E-state index is 0.0501. The largest absolute Gasteiger partial charge is 0.481 e. The van der Waals surface area contributed by atoms with Crippen LogP contribution in [-0.4, -0.2) is 23.7 Å². The van der Waals surface area contributed by atoms with Gasteiger partial charge in [0.1, 0.15) is 6.61 Å². The molecule has 0 saturated carbocycles. The summed E-state index contributed by atoms with van der Waals surface area (Å²) in [5.41, 5.74) is 1.12. The molecule has 0 saturated heterocycles. The normalized spacial score (nSPS) is 11.6. The zero-order valence-electron chi connectivity index (χ0n) is 13.2. The number of aliphatic carboxylic acids is 1. The van der Waals surface area contributed by atoms with Crippen LogP contribution in [0.25, 0.3) is 0 Å². The monoisotopic (exact) mass is 349 g/mol. The number of ether oxygens (including phenoxy) is 1. The van der Waals surface area contributed by atoms with Gasteiger partial charge in [0.15, 0.2) is 11.6 Å². The van der Waals surface area contributed by atoms with Gasteiger partial charge in [-0.2, -0.15) is 0 Å². The molecule has 0 heterocycles. The van der Waals surface area contributed by atoms with E-state index < -0.39 is 29.6 Å². The molecular weight excluding hydrogens is 332 g/mol. The number of nitrogens with one attached hydrogen (secondary N) is 1. The van der Waals surface area contributed by atoms with Crippen LogP contribution < -0.4 is 5.32 Å². The Morgan fingerprint density at radius 1 is 1.04 bits per heavy atom. The van der Waals surface area contributed by atoms with Crippen LogP contribution in [0.1, 0.15) is 11.1 Å². The smallest absolute Gasteiger partial charge is 0.407 e. The average Bonchev–Trinajstić information content (AvgIpc) is 2.60. The standard InChI is InChI=1S/C18H17F2NO4/c19-15-7-6-13(9-16(15)20)8-14(17(22)23)10-21-18(24)25-11-12-4-2-1-3-5-12/h1-7,9,14H,8,10-11H2,(H,21,24)(H,22,23)/t14-/m1/s1. The minimum Gasteiger partial charge on any atom is -0.481 e. The van der Waals surface area contributed by atoms with E-state index in [0.29, 0.717) is 5.56 Å². The summed E-state index contributed by atoms with van der Waals surface area (Å²) in [4.78, 5) is 22.9. The van der Waals surface area contributed by atoms with E-state index in [1.165, 1.54) is 6.07 Å². The molecule has 0 bridgehead atoms. The molecule has 0 aliphatic carbocycles. The molecule has 0 spiro atoms. The van der Waals surface area contributed by atoms with E-state index in [0.717, 1.165) is 17.7 Å². The third kappa shape index (κ3) is 5.87. The SMILES string of the molecule is O=C(NC[C@@H](Cc1ccc(F)c(F)c1)C(=O)O)OCc1ccccc1. The first-order valence-corrected chi connectivity index (χ1v) is 7.57. The van der Waals surface area contributed by atoms with Crippen LogP contribution >= 0.6 is 0 Å². The van der Waals surface area contributed by atoms with Crippen molar-refractivity contribution < 1.29 is 28.2 Å². The molecule has 0 aromatic heterocycles. The minimum atomic E-state index is -1.16. The highest BCUT2D eigenvalue weighted by atomic mass is 19.2. The van der Waals surface area contributed by atoms with E-state index in [4.69, 9.17) is 4.74 Å². The molecule has 2 aromatic rings. The number of carboxylic acid groups (broad SMARTS) is 1. The number of carbonyl (C=O) groups excluding carboxylic acids is 1. The quantitative estimate of drug-likeness (QED) is 0.805. The Morgan fingerprint density at radius 2 is 1.76 bits per heavy atom. The Bertz CT molecular complexity index is 737. The lowest BCUT2D eigenvalue weighted by Crippen LogP contribution is -2.34. The second-order valence-electron chi connectivity index (χ2n) is 5.43. The van der Waals surface area contributed by atoms with Crippen molar-refractivity contribution >= 4 is 12.1 Å². The highest BCUT2D eigenvalue weighted by Crippen LogP contribution is 2.13. The van der Waals surface area contributed by atoms with Gasteiger partial charge in [-0.1, -0.05) is 36.4 Å². The topological polar surface area (TPSA) is 75.6 Å². The van der Waals surface area contributed by atoms with Gasteiger partial charge < -0.3 is 15.2 Å². The zero-order valence-corrected chi connectivity index (χ0v) is 13.2. The fourth-order valence-corrected chi connectivity index (χ4v) is 2.18. The highest BCUT2D eigenvalue weighted by molar-refractivity contribution is 5.72. The summed E-state index contributed by atoms with van der Waals surface area (Å²) in [5.74, 6) is -4.20. The lowest BCUT2D eigenvalue weighted by Gasteiger charge is -2.14. The first kappa shape index (κ1) is 18.4. The molecule has 0 aliphatic rings. The molecule has 2 aromatic carbocycles. The number of alkyl carbamates (subject to hydrolysis) is 1. The van der Waals surface area contributed by atoms with Gasteiger partial charge in [0, 0.05) is 6.54 Å². The van der Waals surface area contributed by atoms with Gasteiger partial charge in [-0.3, -0.25) is 4.79 Å². The van der Waals surface area contributed by atoms with Crippen molar-refractivity contribution in [2.24, 2.45) is 5.92 Å². The van der Waals surface area contributed by atoms with Crippen LogP contribution in [0.2, 0.25) is 0 Å². The second kappa shape index (κ2) is 8.77. The summed E-state index contributed by atoms with van der Waals surface area (Å²) >= 11 is 0. The lowest BCUT2D eigenvalue weighted by atomic mass is 9.99.